The molecule has 1 aliphatic carbocycles. The molecule has 3 heterocycles. The maximum absolute atomic E-state index is 13.0. The summed E-state index contributed by atoms with van der Waals surface area (Å²) in [5, 5.41) is 0.795. The minimum atomic E-state index is -0.0206. The second-order valence-electron chi connectivity index (χ2n) is 8.54. The van der Waals surface area contributed by atoms with Crippen LogP contribution in [-0.2, 0) is 19.4 Å². The Kier molecular flexibility index (Phi) is 6.07. The number of hydrogen-bond donors (Lipinski definition) is 1. The Bertz CT molecular complexity index is 1240. The summed E-state index contributed by atoms with van der Waals surface area (Å²) in [6.45, 7) is 3.26. The van der Waals surface area contributed by atoms with Gasteiger partial charge in [0.05, 0.1) is 26.2 Å². The van der Waals surface area contributed by atoms with Crippen LogP contribution in [0.15, 0.2) is 23.0 Å². The molecule has 2 aliphatic rings. The number of rotatable bonds is 5. The third-order valence-electron chi connectivity index (χ3n) is 6.54. The Morgan fingerprint density at radius 2 is 1.85 bits per heavy atom. The molecule has 0 radical (unpaired) electrons. The molecule has 0 bridgehead atoms. The molecule has 1 saturated heterocycles. The lowest BCUT2D eigenvalue weighted by Crippen LogP contribution is -2.48. The minimum absolute atomic E-state index is 0.0170. The molecule has 0 unspecified atom stereocenters. The number of ether oxygens (including phenoxy) is 2. The van der Waals surface area contributed by atoms with Crippen molar-refractivity contribution in [3.63, 3.8) is 0 Å². The fraction of sp³-hybridized carbons (Fsp3) is 0.458. The van der Waals surface area contributed by atoms with Crippen LogP contribution in [0.25, 0.3) is 10.2 Å². The predicted molar refractivity (Wildman–Crippen MR) is 128 cm³/mol. The van der Waals surface area contributed by atoms with E-state index in [0.717, 1.165) is 42.6 Å². The van der Waals surface area contributed by atoms with Crippen molar-refractivity contribution in [3.8, 4) is 11.5 Å². The number of thiophene rings is 1. The Labute approximate surface area is 196 Å². The number of nitrogens with one attached hydrogen (secondary N) is 1. The molecular formula is C24H28N4O4S. The van der Waals surface area contributed by atoms with Crippen molar-refractivity contribution in [2.45, 2.75) is 32.2 Å². The molecule has 0 spiro atoms. The number of piperazine rings is 1. The van der Waals surface area contributed by atoms with E-state index >= 15 is 0 Å². The minimum Gasteiger partial charge on any atom is -0.493 e. The molecule has 1 aromatic carbocycles. The highest BCUT2D eigenvalue weighted by Crippen LogP contribution is 2.33. The fourth-order valence-corrected chi connectivity index (χ4v) is 6.04. The third kappa shape index (κ3) is 4.22. The summed E-state index contributed by atoms with van der Waals surface area (Å²) in [7, 11) is 3.14. The molecule has 1 aliphatic heterocycles. The number of aryl methyl sites for hydroxylation is 2. The molecule has 5 rings (SSSR count). The van der Waals surface area contributed by atoms with Gasteiger partial charge in [-0.15, -0.1) is 11.3 Å². The van der Waals surface area contributed by atoms with Gasteiger partial charge in [-0.3, -0.25) is 14.5 Å². The average molecular weight is 469 g/mol. The summed E-state index contributed by atoms with van der Waals surface area (Å²) in [4.78, 5) is 39.8. The molecule has 1 fully saturated rings. The highest BCUT2D eigenvalue weighted by molar-refractivity contribution is 7.18. The highest BCUT2D eigenvalue weighted by atomic mass is 32.1. The van der Waals surface area contributed by atoms with E-state index in [2.05, 4.69) is 9.88 Å². The van der Waals surface area contributed by atoms with Gasteiger partial charge in [0.1, 0.15) is 10.7 Å². The maximum Gasteiger partial charge on any atom is 0.259 e. The number of aromatic nitrogens is 2. The number of hydrogen-bond acceptors (Lipinski definition) is 7. The number of benzene rings is 1. The van der Waals surface area contributed by atoms with Gasteiger partial charge in [-0.25, -0.2) is 4.98 Å². The van der Waals surface area contributed by atoms with Gasteiger partial charge in [-0.1, -0.05) is 0 Å². The van der Waals surface area contributed by atoms with Gasteiger partial charge in [0.25, 0.3) is 11.5 Å². The van der Waals surface area contributed by atoms with E-state index in [4.69, 9.17) is 14.5 Å². The van der Waals surface area contributed by atoms with Gasteiger partial charge >= 0.3 is 0 Å². The number of methoxy groups -OCH3 is 2. The quantitative estimate of drug-likeness (QED) is 0.620. The molecule has 2 aromatic heterocycles. The molecule has 9 heteroatoms. The number of H-pyrrole nitrogens is 1. The van der Waals surface area contributed by atoms with E-state index < -0.39 is 0 Å². The smallest absolute Gasteiger partial charge is 0.259 e. The number of carbonyl (C=O) groups is 1. The van der Waals surface area contributed by atoms with E-state index in [-0.39, 0.29) is 11.5 Å². The second kappa shape index (κ2) is 9.15. The first-order chi connectivity index (χ1) is 16.1. The van der Waals surface area contributed by atoms with Crippen LogP contribution in [0.1, 0.15) is 39.5 Å². The van der Waals surface area contributed by atoms with Gasteiger partial charge in [-0.05, 0) is 49.4 Å². The topological polar surface area (TPSA) is 87.8 Å². The van der Waals surface area contributed by atoms with Crippen molar-refractivity contribution in [3.05, 3.63) is 50.4 Å². The number of fused-ring (bicyclic) bond motifs is 3. The van der Waals surface area contributed by atoms with Crippen LogP contribution in [0, 0.1) is 0 Å². The maximum atomic E-state index is 13.0. The highest BCUT2D eigenvalue weighted by Gasteiger charge is 2.25. The van der Waals surface area contributed by atoms with Crippen LogP contribution in [0.4, 0.5) is 0 Å². The largest absolute Gasteiger partial charge is 0.493 e. The van der Waals surface area contributed by atoms with Crippen LogP contribution in [0.3, 0.4) is 0 Å². The Balaban J connectivity index is 1.25. The zero-order valence-electron chi connectivity index (χ0n) is 19.0. The SMILES string of the molecule is COc1ccc(C(=O)N2CCN(Cc3nc4sc5c(c4c(=O)[nH]3)CCCC5)CC2)cc1OC. The van der Waals surface area contributed by atoms with Crippen LogP contribution < -0.4 is 15.0 Å². The van der Waals surface area contributed by atoms with Gasteiger partial charge in [0.2, 0.25) is 0 Å². The second-order valence-corrected chi connectivity index (χ2v) is 9.63. The number of carbonyl (C=O) groups excluding carboxylic acids is 1. The molecule has 3 aromatic rings. The summed E-state index contributed by atoms with van der Waals surface area (Å²) < 4.78 is 10.6. The van der Waals surface area contributed by atoms with Crippen molar-refractivity contribution in [2.75, 3.05) is 40.4 Å². The van der Waals surface area contributed by atoms with Crippen molar-refractivity contribution >= 4 is 27.5 Å². The number of nitrogens with zero attached hydrogens (tertiary/aromatic N) is 3. The summed E-state index contributed by atoms with van der Waals surface area (Å²) in [5.41, 5.74) is 1.78. The van der Waals surface area contributed by atoms with E-state index in [1.165, 1.54) is 16.9 Å². The van der Waals surface area contributed by atoms with Crippen molar-refractivity contribution < 1.29 is 14.3 Å². The van der Waals surface area contributed by atoms with Gasteiger partial charge in [0, 0.05) is 36.6 Å². The molecule has 174 valence electrons. The molecule has 0 saturated carbocycles. The molecule has 1 amide bonds. The zero-order valence-corrected chi connectivity index (χ0v) is 19.8. The van der Waals surface area contributed by atoms with Crippen molar-refractivity contribution in [2.24, 2.45) is 0 Å². The first-order valence-corrected chi connectivity index (χ1v) is 12.2. The van der Waals surface area contributed by atoms with Crippen LogP contribution in [-0.4, -0.2) is 66.1 Å². The first kappa shape index (κ1) is 21.9. The third-order valence-corrected chi connectivity index (χ3v) is 7.72. The van der Waals surface area contributed by atoms with Crippen molar-refractivity contribution in [1.82, 2.24) is 19.8 Å². The number of amides is 1. The van der Waals surface area contributed by atoms with Crippen molar-refractivity contribution in [1.29, 1.82) is 0 Å². The molecule has 33 heavy (non-hydrogen) atoms. The lowest BCUT2D eigenvalue weighted by molar-refractivity contribution is 0.0625. The monoisotopic (exact) mass is 468 g/mol. The zero-order chi connectivity index (χ0) is 22.9. The van der Waals surface area contributed by atoms with E-state index in [1.807, 2.05) is 4.90 Å². The Morgan fingerprint density at radius 3 is 2.61 bits per heavy atom. The Morgan fingerprint density at radius 1 is 1.09 bits per heavy atom. The lowest BCUT2D eigenvalue weighted by Gasteiger charge is -2.34. The summed E-state index contributed by atoms with van der Waals surface area (Å²) in [6.07, 6.45) is 4.37. The van der Waals surface area contributed by atoms with Crippen LogP contribution in [0.2, 0.25) is 0 Å². The van der Waals surface area contributed by atoms with E-state index in [1.54, 1.807) is 43.8 Å². The molecule has 1 N–H and O–H groups in total. The summed E-state index contributed by atoms with van der Waals surface area (Å²) in [5.74, 6) is 1.82. The van der Waals surface area contributed by atoms with Gasteiger partial charge < -0.3 is 19.4 Å². The molecular weight excluding hydrogens is 440 g/mol. The number of aromatic amines is 1. The molecule has 8 nitrogen and oxygen atoms in total. The van der Waals surface area contributed by atoms with Gasteiger partial charge in [0.15, 0.2) is 11.5 Å². The average Bonchev–Trinajstić information content (AvgIpc) is 3.22. The van der Waals surface area contributed by atoms with Crippen LogP contribution in [0.5, 0.6) is 11.5 Å². The standard InChI is InChI=1S/C24H28N4O4S/c1-31-17-8-7-15(13-18(17)32-2)24(30)28-11-9-27(10-12-28)14-20-25-22(29)21-16-5-3-4-6-19(16)33-23(21)26-20/h7-8,13H,3-6,9-12,14H2,1-2H3,(H,25,26,29). The summed E-state index contributed by atoms with van der Waals surface area (Å²) in [6, 6.07) is 5.24. The van der Waals surface area contributed by atoms with Crippen LogP contribution >= 0.6 is 11.3 Å². The first-order valence-electron chi connectivity index (χ1n) is 11.3. The fourth-order valence-electron chi connectivity index (χ4n) is 4.76. The van der Waals surface area contributed by atoms with E-state index in [0.29, 0.717) is 42.5 Å². The van der Waals surface area contributed by atoms with Gasteiger partial charge in [-0.2, -0.15) is 0 Å². The normalized spacial score (nSPS) is 16.6. The van der Waals surface area contributed by atoms with E-state index in [9.17, 15) is 9.59 Å². The Hall–Kier alpha value is -2.91. The predicted octanol–water partition coefficient (Wildman–Crippen LogP) is 2.84. The lowest BCUT2D eigenvalue weighted by atomic mass is 9.97. The molecule has 0 atom stereocenters. The summed E-state index contributed by atoms with van der Waals surface area (Å²) >= 11 is 1.68.